The zero-order valence-electron chi connectivity index (χ0n) is 14.1. The Balaban J connectivity index is 2.03. The number of esters is 2. The molecule has 0 amide bonds. The van der Waals surface area contributed by atoms with Crippen molar-refractivity contribution in [2.75, 3.05) is 13.2 Å². The van der Waals surface area contributed by atoms with E-state index in [1.54, 1.807) is 42.5 Å². The fraction of sp³-hybridized carbons (Fsp3) is 0.263. The van der Waals surface area contributed by atoms with Gasteiger partial charge in [0.25, 0.3) is 0 Å². The molecule has 0 aliphatic heterocycles. The van der Waals surface area contributed by atoms with Crippen LogP contribution in [0.2, 0.25) is 0 Å². The van der Waals surface area contributed by atoms with E-state index in [0.29, 0.717) is 40.3 Å². The van der Waals surface area contributed by atoms with Crippen LogP contribution < -0.4 is 9.47 Å². The van der Waals surface area contributed by atoms with Gasteiger partial charge >= 0.3 is 11.9 Å². The number of rotatable bonds is 7. The van der Waals surface area contributed by atoms with Crippen molar-refractivity contribution in [1.82, 2.24) is 0 Å². The first kappa shape index (κ1) is 19.0. The Labute approximate surface area is 155 Å². The van der Waals surface area contributed by atoms with Crippen molar-refractivity contribution in [1.29, 1.82) is 0 Å². The van der Waals surface area contributed by atoms with E-state index < -0.39 is 11.9 Å². The summed E-state index contributed by atoms with van der Waals surface area (Å²) < 4.78 is 16.5. The number of hydrogen-bond donors (Lipinski definition) is 0. The van der Waals surface area contributed by atoms with Crippen molar-refractivity contribution in [2.45, 2.75) is 20.3 Å². The van der Waals surface area contributed by atoms with Gasteiger partial charge in [0, 0.05) is 0 Å². The maximum Gasteiger partial charge on any atom is 0.343 e. The van der Waals surface area contributed by atoms with Crippen molar-refractivity contribution in [2.24, 2.45) is 0 Å². The second-order valence-corrected chi connectivity index (χ2v) is 5.98. The molecule has 25 heavy (non-hydrogen) atoms. The zero-order valence-corrected chi connectivity index (χ0v) is 15.7. The number of benzene rings is 2. The minimum Gasteiger partial charge on any atom is -0.493 e. The van der Waals surface area contributed by atoms with Crippen LogP contribution in [0.4, 0.5) is 0 Å². The third-order valence-electron chi connectivity index (χ3n) is 3.21. The lowest BCUT2D eigenvalue weighted by atomic mass is 10.2. The third-order valence-corrected chi connectivity index (χ3v) is 3.82. The van der Waals surface area contributed by atoms with Crippen LogP contribution in [-0.4, -0.2) is 25.2 Å². The Morgan fingerprint density at radius 1 is 0.960 bits per heavy atom. The van der Waals surface area contributed by atoms with Crippen LogP contribution in [0.3, 0.4) is 0 Å². The van der Waals surface area contributed by atoms with Crippen molar-refractivity contribution < 1.29 is 23.8 Å². The summed E-state index contributed by atoms with van der Waals surface area (Å²) in [5.41, 5.74) is 0.804. The molecule has 0 fully saturated rings. The first-order valence-electron chi connectivity index (χ1n) is 7.96. The highest BCUT2D eigenvalue weighted by Crippen LogP contribution is 2.26. The lowest BCUT2D eigenvalue weighted by molar-refractivity contribution is 0.0505. The molecule has 2 aromatic carbocycles. The Kier molecular flexibility index (Phi) is 7.01. The molecule has 6 heteroatoms. The molecule has 2 aromatic rings. The van der Waals surface area contributed by atoms with E-state index in [1.165, 1.54) is 0 Å². The maximum absolute atomic E-state index is 12.2. The van der Waals surface area contributed by atoms with Gasteiger partial charge in [-0.3, -0.25) is 0 Å². The Bertz CT molecular complexity index is 740. The summed E-state index contributed by atoms with van der Waals surface area (Å²) in [5, 5.41) is 0. The number of hydrogen-bond acceptors (Lipinski definition) is 5. The van der Waals surface area contributed by atoms with Crippen LogP contribution in [0.15, 0.2) is 46.9 Å². The van der Waals surface area contributed by atoms with Crippen LogP contribution in [0.5, 0.6) is 11.5 Å². The maximum atomic E-state index is 12.2. The monoisotopic (exact) mass is 406 g/mol. The zero-order chi connectivity index (χ0) is 18.2. The van der Waals surface area contributed by atoms with Gasteiger partial charge in [0.05, 0.1) is 28.8 Å². The highest BCUT2D eigenvalue weighted by molar-refractivity contribution is 9.10. The highest BCUT2D eigenvalue weighted by Gasteiger charge is 2.12. The number of carbonyl (C=O) groups is 2. The smallest absolute Gasteiger partial charge is 0.343 e. The van der Waals surface area contributed by atoms with E-state index in [1.807, 2.05) is 13.8 Å². The van der Waals surface area contributed by atoms with E-state index in [4.69, 9.17) is 14.2 Å². The first-order chi connectivity index (χ1) is 12.0. The van der Waals surface area contributed by atoms with Gasteiger partial charge in [0.2, 0.25) is 0 Å². The summed E-state index contributed by atoms with van der Waals surface area (Å²) in [4.78, 5) is 24.0. The topological polar surface area (TPSA) is 61.8 Å². The summed E-state index contributed by atoms with van der Waals surface area (Å²) in [7, 11) is 0. The van der Waals surface area contributed by atoms with Gasteiger partial charge in [-0.25, -0.2) is 9.59 Å². The van der Waals surface area contributed by atoms with Gasteiger partial charge < -0.3 is 14.2 Å². The molecule has 0 aliphatic rings. The highest BCUT2D eigenvalue weighted by atomic mass is 79.9. The number of carbonyl (C=O) groups excluding carboxylic acids is 2. The summed E-state index contributed by atoms with van der Waals surface area (Å²) in [6.45, 7) is 4.73. The normalized spacial score (nSPS) is 10.2. The van der Waals surface area contributed by atoms with Crippen molar-refractivity contribution in [3.63, 3.8) is 0 Å². The van der Waals surface area contributed by atoms with Gasteiger partial charge in [-0.1, -0.05) is 6.92 Å². The molecule has 0 N–H and O–H groups in total. The predicted octanol–water partition coefficient (Wildman–Crippen LogP) is 4.63. The van der Waals surface area contributed by atoms with Crippen molar-refractivity contribution >= 4 is 27.9 Å². The van der Waals surface area contributed by atoms with E-state index >= 15 is 0 Å². The summed E-state index contributed by atoms with van der Waals surface area (Å²) in [5.74, 6) is 0.122. The van der Waals surface area contributed by atoms with Gasteiger partial charge in [0.15, 0.2) is 0 Å². The lowest BCUT2D eigenvalue weighted by Gasteiger charge is -2.09. The molecule has 0 spiro atoms. The standard InChI is InChI=1S/C19H19BrO5/c1-3-11-24-18(21)13-5-8-15(9-6-13)25-19(22)14-7-10-17(23-4-2)16(20)12-14/h5-10,12H,3-4,11H2,1-2H3. The molecule has 0 atom stereocenters. The average molecular weight is 407 g/mol. The van der Waals surface area contributed by atoms with Crippen molar-refractivity contribution in [3.05, 3.63) is 58.1 Å². The van der Waals surface area contributed by atoms with Gasteiger partial charge in [-0.15, -0.1) is 0 Å². The molecule has 0 bridgehead atoms. The summed E-state index contributed by atoms with van der Waals surface area (Å²) in [6.07, 6.45) is 0.763. The Morgan fingerprint density at radius 2 is 1.64 bits per heavy atom. The largest absolute Gasteiger partial charge is 0.493 e. The lowest BCUT2D eigenvalue weighted by Crippen LogP contribution is -2.09. The van der Waals surface area contributed by atoms with Crippen LogP contribution in [0.1, 0.15) is 41.0 Å². The molecule has 0 saturated heterocycles. The van der Waals surface area contributed by atoms with E-state index in [0.717, 1.165) is 6.42 Å². The molecular weight excluding hydrogens is 388 g/mol. The molecule has 5 nitrogen and oxygen atoms in total. The van der Waals surface area contributed by atoms with E-state index in [2.05, 4.69) is 15.9 Å². The van der Waals surface area contributed by atoms with Crippen LogP contribution in [0.25, 0.3) is 0 Å². The first-order valence-corrected chi connectivity index (χ1v) is 8.76. The van der Waals surface area contributed by atoms with Crippen LogP contribution in [-0.2, 0) is 4.74 Å². The fourth-order valence-corrected chi connectivity index (χ4v) is 2.50. The van der Waals surface area contributed by atoms with Crippen LogP contribution in [0, 0.1) is 0 Å². The molecular formula is C19H19BrO5. The van der Waals surface area contributed by atoms with Gasteiger partial charge in [-0.2, -0.15) is 0 Å². The van der Waals surface area contributed by atoms with Gasteiger partial charge in [0.1, 0.15) is 11.5 Å². The molecule has 0 aromatic heterocycles. The summed E-state index contributed by atoms with van der Waals surface area (Å²) >= 11 is 3.36. The molecule has 0 saturated carbocycles. The van der Waals surface area contributed by atoms with E-state index in [-0.39, 0.29) is 0 Å². The molecule has 0 heterocycles. The molecule has 0 unspecified atom stereocenters. The second-order valence-electron chi connectivity index (χ2n) is 5.13. The molecule has 132 valence electrons. The van der Waals surface area contributed by atoms with Crippen LogP contribution >= 0.6 is 15.9 Å². The predicted molar refractivity (Wildman–Crippen MR) is 97.3 cm³/mol. The van der Waals surface area contributed by atoms with Gasteiger partial charge in [-0.05, 0) is 71.7 Å². The molecule has 2 rings (SSSR count). The van der Waals surface area contributed by atoms with E-state index in [9.17, 15) is 9.59 Å². The second kappa shape index (κ2) is 9.22. The third kappa shape index (κ3) is 5.32. The molecule has 0 radical (unpaired) electrons. The fourth-order valence-electron chi connectivity index (χ4n) is 2.00. The van der Waals surface area contributed by atoms with Crippen molar-refractivity contribution in [3.8, 4) is 11.5 Å². The summed E-state index contributed by atoms with van der Waals surface area (Å²) in [6, 6.07) is 11.2. The Morgan fingerprint density at radius 3 is 2.24 bits per heavy atom. The number of halogens is 1. The molecule has 0 aliphatic carbocycles. The Hall–Kier alpha value is -2.34. The average Bonchev–Trinajstić information content (AvgIpc) is 2.62. The SMILES string of the molecule is CCCOC(=O)c1ccc(OC(=O)c2ccc(OCC)c(Br)c2)cc1. The number of ether oxygens (including phenoxy) is 3. The minimum atomic E-state index is -0.495. The quantitative estimate of drug-likeness (QED) is 0.495. The minimum absolute atomic E-state index is 0.349.